The summed E-state index contributed by atoms with van der Waals surface area (Å²) in [4.78, 5) is 24.8. The van der Waals surface area contributed by atoms with Gasteiger partial charge >= 0.3 is 0 Å². The van der Waals surface area contributed by atoms with Crippen LogP contribution in [0.25, 0.3) is 0 Å². The molecular formula is C21H16N6O2. The summed E-state index contributed by atoms with van der Waals surface area (Å²) in [5.41, 5.74) is 2.09. The predicted molar refractivity (Wildman–Crippen MR) is 105 cm³/mol. The van der Waals surface area contributed by atoms with Gasteiger partial charge in [-0.1, -0.05) is 12.1 Å². The zero-order valence-electron chi connectivity index (χ0n) is 15.5. The highest BCUT2D eigenvalue weighted by molar-refractivity contribution is 6.04. The highest BCUT2D eigenvalue weighted by atomic mass is 16.2. The maximum atomic E-state index is 12.5. The summed E-state index contributed by atoms with van der Waals surface area (Å²) in [6.07, 6.45) is 1.69. The third kappa shape index (κ3) is 4.65. The molecule has 1 heterocycles. The fraction of sp³-hybridized carbons (Fsp3) is 0.0952. The van der Waals surface area contributed by atoms with E-state index in [9.17, 15) is 9.59 Å². The number of hydrogen-bond acceptors (Lipinski definition) is 5. The van der Waals surface area contributed by atoms with Gasteiger partial charge in [-0.2, -0.15) is 15.6 Å². The molecule has 0 saturated heterocycles. The van der Waals surface area contributed by atoms with Gasteiger partial charge in [0.1, 0.15) is 0 Å². The summed E-state index contributed by atoms with van der Waals surface area (Å²) < 4.78 is 1.53. The van der Waals surface area contributed by atoms with E-state index < -0.39 is 5.91 Å². The van der Waals surface area contributed by atoms with E-state index in [4.69, 9.17) is 10.5 Å². The van der Waals surface area contributed by atoms with Gasteiger partial charge in [0.2, 0.25) is 0 Å². The Kier molecular flexibility index (Phi) is 5.67. The van der Waals surface area contributed by atoms with Gasteiger partial charge in [0, 0.05) is 36.5 Å². The lowest BCUT2D eigenvalue weighted by molar-refractivity contribution is 0.0950. The molecule has 0 aliphatic carbocycles. The first-order valence-corrected chi connectivity index (χ1v) is 8.62. The van der Waals surface area contributed by atoms with Crippen molar-refractivity contribution in [1.29, 1.82) is 10.5 Å². The Labute approximate surface area is 167 Å². The second kappa shape index (κ2) is 8.51. The van der Waals surface area contributed by atoms with E-state index >= 15 is 0 Å². The molecule has 8 heteroatoms. The molecule has 29 heavy (non-hydrogen) atoms. The molecule has 0 aliphatic heterocycles. The summed E-state index contributed by atoms with van der Waals surface area (Å²) in [5, 5.41) is 27.6. The third-order valence-electron chi connectivity index (χ3n) is 4.08. The average molecular weight is 384 g/mol. The van der Waals surface area contributed by atoms with Crippen molar-refractivity contribution in [2.45, 2.75) is 6.54 Å². The SMILES string of the molecule is Cn1cc(CNC(=O)c2cccc(C#N)c2)c(NC(=O)c2cccc(C#N)c2)n1. The van der Waals surface area contributed by atoms with E-state index in [-0.39, 0.29) is 12.5 Å². The van der Waals surface area contributed by atoms with Crippen molar-refractivity contribution in [3.8, 4) is 12.1 Å². The van der Waals surface area contributed by atoms with E-state index in [2.05, 4.69) is 15.7 Å². The first-order valence-electron chi connectivity index (χ1n) is 8.62. The van der Waals surface area contributed by atoms with E-state index in [1.807, 2.05) is 12.1 Å². The lowest BCUT2D eigenvalue weighted by atomic mass is 10.1. The molecule has 0 radical (unpaired) electrons. The van der Waals surface area contributed by atoms with Gasteiger partial charge in [0.25, 0.3) is 11.8 Å². The van der Waals surface area contributed by atoms with Crippen LogP contribution in [0.3, 0.4) is 0 Å². The van der Waals surface area contributed by atoms with Crippen LogP contribution in [-0.4, -0.2) is 21.6 Å². The molecule has 0 unspecified atom stereocenters. The normalized spacial score (nSPS) is 9.90. The molecule has 8 nitrogen and oxygen atoms in total. The predicted octanol–water partition coefficient (Wildman–Crippen LogP) is 2.35. The topological polar surface area (TPSA) is 124 Å². The number of nitrogens with zero attached hydrogens (tertiary/aromatic N) is 4. The molecule has 3 rings (SSSR count). The molecule has 1 aromatic heterocycles. The fourth-order valence-electron chi connectivity index (χ4n) is 2.69. The second-order valence-electron chi connectivity index (χ2n) is 6.20. The summed E-state index contributed by atoms with van der Waals surface area (Å²) in [7, 11) is 1.70. The minimum Gasteiger partial charge on any atom is -0.348 e. The fourth-order valence-corrected chi connectivity index (χ4v) is 2.69. The highest BCUT2D eigenvalue weighted by Crippen LogP contribution is 2.15. The van der Waals surface area contributed by atoms with Crippen molar-refractivity contribution in [3.05, 3.63) is 82.5 Å². The molecule has 0 fully saturated rings. The van der Waals surface area contributed by atoms with Crippen LogP contribution >= 0.6 is 0 Å². The zero-order valence-corrected chi connectivity index (χ0v) is 15.5. The first kappa shape index (κ1) is 19.3. The highest BCUT2D eigenvalue weighted by Gasteiger charge is 2.14. The van der Waals surface area contributed by atoms with E-state index in [1.54, 1.807) is 49.6 Å². The van der Waals surface area contributed by atoms with Crippen LogP contribution in [0.15, 0.2) is 54.7 Å². The molecule has 0 atom stereocenters. The van der Waals surface area contributed by atoms with Gasteiger partial charge < -0.3 is 10.6 Å². The Morgan fingerprint density at radius 2 is 1.59 bits per heavy atom. The maximum Gasteiger partial charge on any atom is 0.256 e. The Bertz CT molecular complexity index is 1170. The summed E-state index contributed by atoms with van der Waals surface area (Å²) in [5.74, 6) is -0.439. The average Bonchev–Trinajstić information content (AvgIpc) is 3.10. The van der Waals surface area contributed by atoms with Crippen LogP contribution < -0.4 is 10.6 Å². The molecule has 142 valence electrons. The number of anilines is 1. The van der Waals surface area contributed by atoms with E-state index in [1.165, 1.54) is 16.8 Å². The molecule has 2 N–H and O–H groups in total. The van der Waals surface area contributed by atoms with Gasteiger partial charge in [-0.25, -0.2) is 0 Å². The number of hydrogen-bond donors (Lipinski definition) is 2. The number of rotatable bonds is 5. The van der Waals surface area contributed by atoms with Crippen molar-refractivity contribution in [2.75, 3.05) is 5.32 Å². The quantitative estimate of drug-likeness (QED) is 0.699. The molecule has 0 spiro atoms. The number of carbonyl (C=O) groups is 2. The number of aromatic nitrogens is 2. The van der Waals surface area contributed by atoms with Gasteiger partial charge in [-0.05, 0) is 36.4 Å². The molecule has 0 saturated carbocycles. The number of amides is 2. The largest absolute Gasteiger partial charge is 0.348 e. The molecular weight excluding hydrogens is 368 g/mol. The maximum absolute atomic E-state index is 12.5. The van der Waals surface area contributed by atoms with Crippen molar-refractivity contribution < 1.29 is 9.59 Å². The Morgan fingerprint density at radius 1 is 1.00 bits per heavy atom. The van der Waals surface area contributed by atoms with Crippen LogP contribution in [-0.2, 0) is 13.6 Å². The second-order valence-corrected chi connectivity index (χ2v) is 6.20. The number of nitrogens with one attached hydrogen (secondary N) is 2. The van der Waals surface area contributed by atoms with Gasteiger partial charge in [0.05, 0.1) is 23.3 Å². The third-order valence-corrected chi connectivity index (χ3v) is 4.08. The number of aryl methyl sites for hydroxylation is 1. The van der Waals surface area contributed by atoms with Gasteiger partial charge in [-0.3, -0.25) is 14.3 Å². The monoisotopic (exact) mass is 384 g/mol. The van der Waals surface area contributed by atoms with Crippen molar-refractivity contribution in [2.24, 2.45) is 7.05 Å². The first-order chi connectivity index (χ1) is 14.0. The summed E-state index contributed by atoms with van der Waals surface area (Å²) >= 11 is 0. The van der Waals surface area contributed by atoms with E-state index in [0.717, 1.165) is 0 Å². The van der Waals surface area contributed by atoms with Crippen LogP contribution in [0.1, 0.15) is 37.4 Å². The van der Waals surface area contributed by atoms with Crippen LogP contribution in [0.4, 0.5) is 5.82 Å². The van der Waals surface area contributed by atoms with Gasteiger partial charge in [-0.15, -0.1) is 0 Å². The molecule has 2 aromatic carbocycles. The van der Waals surface area contributed by atoms with E-state index in [0.29, 0.717) is 33.6 Å². The number of nitriles is 2. The minimum atomic E-state index is -0.407. The lowest BCUT2D eigenvalue weighted by Gasteiger charge is -2.07. The number of carbonyl (C=O) groups excluding carboxylic acids is 2. The zero-order chi connectivity index (χ0) is 20.8. The van der Waals surface area contributed by atoms with Crippen LogP contribution in [0, 0.1) is 22.7 Å². The Hall–Kier alpha value is -4.43. The standard InChI is InChI=1S/C21H16N6O2/c1-27-13-18(12-24-20(28)16-6-2-4-14(8-16)10-22)19(26-27)25-21(29)17-7-3-5-15(9-17)11-23/h2-9,13H,12H2,1H3,(H,24,28)(H,25,26,29). The molecule has 0 aliphatic rings. The van der Waals surface area contributed by atoms with Crippen molar-refractivity contribution in [1.82, 2.24) is 15.1 Å². The van der Waals surface area contributed by atoms with Gasteiger partial charge in [0.15, 0.2) is 5.82 Å². The lowest BCUT2D eigenvalue weighted by Crippen LogP contribution is -2.23. The number of benzene rings is 2. The van der Waals surface area contributed by atoms with Crippen LogP contribution in [0.2, 0.25) is 0 Å². The molecule has 0 bridgehead atoms. The summed E-state index contributed by atoms with van der Waals surface area (Å²) in [6, 6.07) is 16.7. The molecule has 2 amide bonds. The van der Waals surface area contributed by atoms with Crippen molar-refractivity contribution >= 4 is 17.6 Å². The van der Waals surface area contributed by atoms with Crippen LogP contribution in [0.5, 0.6) is 0 Å². The minimum absolute atomic E-state index is 0.136. The molecule has 3 aromatic rings. The van der Waals surface area contributed by atoms with Crippen molar-refractivity contribution in [3.63, 3.8) is 0 Å². The Morgan fingerprint density at radius 3 is 2.17 bits per heavy atom. The summed E-state index contributed by atoms with van der Waals surface area (Å²) in [6.45, 7) is 0.136. The Balaban J connectivity index is 1.72. The smallest absolute Gasteiger partial charge is 0.256 e.